The van der Waals surface area contributed by atoms with Crippen LogP contribution in [0.15, 0.2) is 30.3 Å². The second-order valence-electron chi connectivity index (χ2n) is 3.25. The Morgan fingerprint density at radius 3 is 2.46 bits per heavy atom. The molecular formula is C11H16N2. The lowest BCUT2D eigenvalue weighted by Crippen LogP contribution is -2.14. The van der Waals surface area contributed by atoms with Crippen LogP contribution in [0.25, 0.3) is 0 Å². The molecule has 13 heavy (non-hydrogen) atoms. The number of hydrogen-bond donors (Lipinski definition) is 2. The third-order valence-corrected chi connectivity index (χ3v) is 2.23. The quantitative estimate of drug-likeness (QED) is 0.537. The van der Waals surface area contributed by atoms with E-state index in [9.17, 15) is 0 Å². The van der Waals surface area contributed by atoms with Crippen molar-refractivity contribution >= 4 is 5.84 Å². The number of nitrogens with two attached hydrogens (primary N) is 1. The molecule has 0 saturated carbocycles. The molecule has 0 aliphatic heterocycles. The molecule has 2 heteroatoms. The molecule has 0 bridgehead atoms. The summed E-state index contributed by atoms with van der Waals surface area (Å²) in [7, 11) is 0. The van der Waals surface area contributed by atoms with Crippen LogP contribution in [0.3, 0.4) is 0 Å². The van der Waals surface area contributed by atoms with Crippen LogP contribution in [0.2, 0.25) is 0 Å². The van der Waals surface area contributed by atoms with Gasteiger partial charge in [0.05, 0.1) is 5.84 Å². The van der Waals surface area contributed by atoms with Gasteiger partial charge in [-0.2, -0.15) is 0 Å². The zero-order valence-corrected chi connectivity index (χ0v) is 7.96. The van der Waals surface area contributed by atoms with E-state index in [1.165, 1.54) is 5.56 Å². The van der Waals surface area contributed by atoms with Crippen molar-refractivity contribution in [3.05, 3.63) is 35.9 Å². The van der Waals surface area contributed by atoms with Crippen LogP contribution < -0.4 is 5.73 Å². The van der Waals surface area contributed by atoms with Crippen LogP contribution in [0.4, 0.5) is 0 Å². The monoisotopic (exact) mass is 176 g/mol. The van der Waals surface area contributed by atoms with E-state index in [0.29, 0.717) is 12.3 Å². The molecule has 70 valence electrons. The first kappa shape index (κ1) is 9.78. The standard InChI is InChI=1S/C11H16N2/c1-2-9(8-11(12)13)10-6-4-3-5-7-10/h3-7,9H,2,8H2,1H3,(H3,12,13). The van der Waals surface area contributed by atoms with E-state index in [4.69, 9.17) is 11.1 Å². The van der Waals surface area contributed by atoms with E-state index in [0.717, 1.165) is 6.42 Å². The molecule has 1 aromatic rings. The zero-order valence-electron chi connectivity index (χ0n) is 7.96. The highest BCUT2D eigenvalue weighted by Crippen LogP contribution is 2.22. The second-order valence-corrected chi connectivity index (χ2v) is 3.25. The summed E-state index contributed by atoms with van der Waals surface area (Å²) in [5.74, 6) is 0.675. The highest BCUT2D eigenvalue weighted by molar-refractivity contribution is 5.77. The van der Waals surface area contributed by atoms with Gasteiger partial charge >= 0.3 is 0 Å². The van der Waals surface area contributed by atoms with Crippen LogP contribution in [0.5, 0.6) is 0 Å². The minimum Gasteiger partial charge on any atom is -0.388 e. The van der Waals surface area contributed by atoms with Crippen molar-refractivity contribution in [1.29, 1.82) is 5.41 Å². The molecule has 0 amide bonds. The number of nitrogens with one attached hydrogen (secondary N) is 1. The maximum atomic E-state index is 7.26. The van der Waals surface area contributed by atoms with Gasteiger partial charge < -0.3 is 5.73 Å². The molecule has 1 unspecified atom stereocenters. The van der Waals surface area contributed by atoms with Crippen LogP contribution >= 0.6 is 0 Å². The van der Waals surface area contributed by atoms with Gasteiger partial charge in [0, 0.05) is 6.42 Å². The molecule has 0 aromatic heterocycles. The number of rotatable bonds is 4. The van der Waals surface area contributed by atoms with Gasteiger partial charge in [-0.25, -0.2) is 0 Å². The van der Waals surface area contributed by atoms with E-state index < -0.39 is 0 Å². The Hall–Kier alpha value is -1.31. The van der Waals surface area contributed by atoms with Gasteiger partial charge in [-0.05, 0) is 17.9 Å². The molecule has 0 radical (unpaired) electrons. The van der Waals surface area contributed by atoms with Crippen molar-refractivity contribution in [2.75, 3.05) is 0 Å². The summed E-state index contributed by atoms with van der Waals surface area (Å²) in [5, 5.41) is 7.26. The van der Waals surface area contributed by atoms with Crippen molar-refractivity contribution in [2.24, 2.45) is 5.73 Å². The predicted molar refractivity (Wildman–Crippen MR) is 56.0 cm³/mol. The highest BCUT2D eigenvalue weighted by atomic mass is 14.7. The summed E-state index contributed by atoms with van der Waals surface area (Å²) >= 11 is 0. The third-order valence-electron chi connectivity index (χ3n) is 2.23. The number of benzene rings is 1. The Bertz CT molecular complexity index is 267. The fourth-order valence-electron chi connectivity index (χ4n) is 1.49. The van der Waals surface area contributed by atoms with Crippen molar-refractivity contribution in [1.82, 2.24) is 0 Å². The normalized spacial score (nSPS) is 12.4. The van der Waals surface area contributed by atoms with E-state index in [1.54, 1.807) is 0 Å². The minimum atomic E-state index is 0.274. The van der Waals surface area contributed by atoms with Crippen LogP contribution in [-0.2, 0) is 0 Å². The SMILES string of the molecule is CCC(CC(=N)N)c1ccccc1. The molecule has 3 N–H and O–H groups in total. The highest BCUT2D eigenvalue weighted by Gasteiger charge is 2.09. The van der Waals surface area contributed by atoms with Crippen LogP contribution in [0.1, 0.15) is 31.2 Å². The van der Waals surface area contributed by atoms with Gasteiger partial charge in [-0.15, -0.1) is 0 Å². The molecule has 1 rings (SSSR count). The number of hydrogen-bond acceptors (Lipinski definition) is 1. The summed E-state index contributed by atoms with van der Waals surface area (Å²) in [4.78, 5) is 0. The smallest absolute Gasteiger partial charge is 0.0911 e. The molecule has 0 saturated heterocycles. The van der Waals surface area contributed by atoms with E-state index in [-0.39, 0.29) is 5.84 Å². The summed E-state index contributed by atoms with van der Waals surface area (Å²) < 4.78 is 0. The maximum Gasteiger partial charge on any atom is 0.0911 e. The zero-order chi connectivity index (χ0) is 9.68. The molecule has 0 aliphatic carbocycles. The van der Waals surface area contributed by atoms with Gasteiger partial charge in [0.1, 0.15) is 0 Å². The van der Waals surface area contributed by atoms with Gasteiger partial charge in [-0.1, -0.05) is 37.3 Å². The summed E-state index contributed by atoms with van der Waals surface area (Å²) in [5.41, 5.74) is 6.67. The van der Waals surface area contributed by atoms with Gasteiger partial charge in [0.15, 0.2) is 0 Å². The fourth-order valence-corrected chi connectivity index (χ4v) is 1.49. The van der Waals surface area contributed by atoms with Crippen molar-refractivity contribution in [3.8, 4) is 0 Å². The van der Waals surface area contributed by atoms with Gasteiger partial charge in [0.2, 0.25) is 0 Å². The topological polar surface area (TPSA) is 49.9 Å². The first-order valence-corrected chi connectivity index (χ1v) is 4.62. The van der Waals surface area contributed by atoms with Gasteiger partial charge in [-0.3, -0.25) is 5.41 Å². The lowest BCUT2D eigenvalue weighted by Gasteiger charge is -2.13. The summed E-state index contributed by atoms with van der Waals surface area (Å²) in [6.45, 7) is 2.13. The Morgan fingerprint density at radius 1 is 1.38 bits per heavy atom. The Labute approximate surface area is 79.3 Å². The summed E-state index contributed by atoms with van der Waals surface area (Å²) in [6.07, 6.45) is 1.70. The van der Waals surface area contributed by atoms with Crippen molar-refractivity contribution in [3.63, 3.8) is 0 Å². The Morgan fingerprint density at radius 2 is 2.00 bits per heavy atom. The number of amidine groups is 1. The largest absolute Gasteiger partial charge is 0.388 e. The predicted octanol–water partition coefficient (Wildman–Crippen LogP) is 2.51. The van der Waals surface area contributed by atoms with Crippen LogP contribution in [0, 0.1) is 5.41 Å². The Balaban J connectivity index is 2.73. The lowest BCUT2D eigenvalue weighted by molar-refractivity contribution is 0.687. The molecule has 1 aromatic carbocycles. The molecular weight excluding hydrogens is 160 g/mol. The molecule has 0 spiro atoms. The van der Waals surface area contributed by atoms with E-state index >= 15 is 0 Å². The van der Waals surface area contributed by atoms with E-state index in [2.05, 4.69) is 19.1 Å². The average Bonchev–Trinajstić information content (AvgIpc) is 2.15. The van der Waals surface area contributed by atoms with E-state index in [1.807, 2.05) is 18.2 Å². The fraction of sp³-hybridized carbons (Fsp3) is 0.364. The van der Waals surface area contributed by atoms with Crippen LogP contribution in [-0.4, -0.2) is 5.84 Å². The minimum absolute atomic E-state index is 0.274. The molecule has 1 atom stereocenters. The molecule has 0 aliphatic rings. The summed E-state index contributed by atoms with van der Waals surface area (Å²) in [6, 6.07) is 10.2. The molecule has 2 nitrogen and oxygen atoms in total. The third kappa shape index (κ3) is 2.90. The maximum absolute atomic E-state index is 7.26. The first-order valence-electron chi connectivity index (χ1n) is 4.62. The Kier molecular flexibility index (Phi) is 3.50. The average molecular weight is 176 g/mol. The van der Waals surface area contributed by atoms with Crippen molar-refractivity contribution < 1.29 is 0 Å². The van der Waals surface area contributed by atoms with Crippen molar-refractivity contribution in [2.45, 2.75) is 25.7 Å². The second kappa shape index (κ2) is 4.65. The molecule has 0 fully saturated rings. The molecule has 0 heterocycles. The lowest BCUT2D eigenvalue weighted by atomic mass is 9.93. The van der Waals surface area contributed by atoms with Gasteiger partial charge in [0.25, 0.3) is 0 Å². The first-order chi connectivity index (χ1) is 6.24.